The van der Waals surface area contributed by atoms with Gasteiger partial charge in [0.2, 0.25) is 0 Å². The van der Waals surface area contributed by atoms with E-state index >= 15 is 0 Å². The molecule has 0 saturated carbocycles. The van der Waals surface area contributed by atoms with E-state index in [0.717, 1.165) is 46.2 Å². The van der Waals surface area contributed by atoms with E-state index in [4.69, 9.17) is 4.42 Å². The summed E-state index contributed by atoms with van der Waals surface area (Å²) in [6.45, 7) is 1.86. The van der Waals surface area contributed by atoms with Gasteiger partial charge < -0.3 is 9.73 Å². The summed E-state index contributed by atoms with van der Waals surface area (Å²) in [5, 5.41) is 9.19. The number of furan rings is 1. The van der Waals surface area contributed by atoms with Crippen molar-refractivity contribution in [3.05, 3.63) is 101 Å². The molecule has 3 aromatic carbocycles. The number of hydrazone groups is 1. The van der Waals surface area contributed by atoms with Gasteiger partial charge in [0.1, 0.15) is 5.76 Å². The van der Waals surface area contributed by atoms with Crippen molar-refractivity contribution < 1.29 is 14.0 Å². The van der Waals surface area contributed by atoms with E-state index in [1.54, 1.807) is 6.07 Å². The van der Waals surface area contributed by atoms with E-state index in [0.29, 0.717) is 17.7 Å². The Morgan fingerprint density at radius 3 is 2.48 bits per heavy atom. The van der Waals surface area contributed by atoms with Crippen LogP contribution in [0.5, 0.6) is 0 Å². The number of anilines is 1. The molecule has 0 bridgehead atoms. The molecule has 6 nitrogen and oxygen atoms in total. The molecule has 1 heterocycles. The molecule has 0 radical (unpaired) electrons. The zero-order chi connectivity index (χ0) is 22.8. The van der Waals surface area contributed by atoms with Crippen molar-refractivity contribution in [1.82, 2.24) is 5.43 Å². The Morgan fingerprint density at radius 2 is 1.64 bits per heavy atom. The fraction of sp³-hybridized carbons (Fsp3) is 0.148. The summed E-state index contributed by atoms with van der Waals surface area (Å²) in [5.41, 5.74) is 6.26. The minimum Gasteiger partial charge on any atom is -0.455 e. The number of hydrogen-bond donors (Lipinski definition) is 2. The van der Waals surface area contributed by atoms with E-state index in [1.807, 2.05) is 73.7 Å². The molecule has 2 N–H and O–H groups in total. The van der Waals surface area contributed by atoms with E-state index < -0.39 is 0 Å². The Kier molecular flexibility index (Phi) is 5.48. The van der Waals surface area contributed by atoms with Gasteiger partial charge in [0.05, 0.1) is 5.71 Å². The van der Waals surface area contributed by atoms with Crippen LogP contribution in [0.1, 0.15) is 50.6 Å². The Morgan fingerprint density at radius 1 is 0.879 bits per heavy atom. The molecule has 1 aliphatic carbocycles. The topological polar surface area (TPSA) is 83.7 Å². The largest absolute Gasteiger partial charge is 0.455 e. The number of carbonyl (C=O) groups is 2. The van der Waals surface area contributed by atoms with Crippen LogP contribution in [0, 0.1) is 6.92 Å². The molecule has 0 aliphatic heterocycles. The van der Waals surface area contributed by atoms with Gasteiger partial charge in [-0.1, -0.05) is 54.6 Å². The number of carbonyl (C=O) groups excluding carboxylic acids is 2. The zero-order valence-electron chi connectivity index (χ0n) is 18.2. The number of nitrogens with one attached hydrogen (secondary N) is 2. The average Bonchev–Trinajstić information content (AvgIpc) is 3.20. The SMILES string of the molecule is Cc1c(C(=O)Nc2ccccc2)oc2c1/C(=N/NC(=O)c1cccc3ccccc13)CCC2. The van der Waals surface area contributed by atoms with E-state index in [2.05, 4.69) is 15.8 Å². The lowest BCUT2D eigenvalue weighted by atomic mass is 9.93. The van der Waals surface area contributed by atoms with Crippen molar-refractivity contribution >= 4 is 34.0 Å². The van der Waals surface area contributed by atoms with Crippen LogP contribution in [-0.4, -0.2) is 17.5 Å². The second-order valence-electron chi connectivity index (χ2n) is 8.05. The predicted octanol–water partition coefficient (Wildman–Crippen LogP) is 5.46. The number of amides is 2. The lowest BCUT2D eigenvalue weighted by Crippen LogP contribution is -2.22. The first-order valence-electron chi connectivity index (χ1n) is 11.0. The maximum Gasteiger partial charge on any atom is 0.291 e. The first-order valence-corrected chi connectivity index (χ1v) is 11.0. The first kappa shape index (κ1) is 20.7. The van der Waals surface area contributed by atoms with E-state index in [1.165, 1.54) is 0 Å². The third-order valence-corrected chi connectivity index (χ3v) is 5.89. The molecule has 2 amide bonds. The summed E-state index contributed by atoms with van der Waals surface area (Å²) in [6.07, 6.45) is 2.26. The summed E-state index contributed by atoms with van der Waals surface area (Å²) in [7, 11) is 0. The Hall–Kier alpha value is -4.19. The highest BCUT2D eigenvalue weighted by atomic mass is 16.4. The maximum atomic E-state index is 12.9. The molecule has 0 saturated heterocycles. The third-order valence-electron chi connectivity index (χ3n) is 5.89. The van der Waals surface area contributed by atoms with Gasteiger partial charge in [-0.15, -0.1) is 0 Å². The fourth-order valence-corrected chi connectivity index (χ4v) is 4.31. The standard InChI is InChI=1S/C27H23N3O3/c1-17-24-22(29-30-26(31)21-14-7-10-18-9-5-6-13-20(18)21)15-8-16-23(24)33-25(17)27(32)28-19-11-3-2-4-12-19/h2-7,9-14H,8,15-16H2,1H3,(H,28,32)(H,30,31)/b29-22+. The molecule has 5 rings (SSSR count). The Labute approximate surface area is 191 Å². The highest BCUT2D eigenvalue weighted by Crippen LogP contribution is 2.30. The van der Waals surface area contributed by atoms with E-state index in [9.17, 15) is 9.59 Å². The Bertz CT molecular complexity index is 1380. The molecule has 0 spiro atoms. The van der Waals surface area contributed by atoms with Crippen molar-refractivity contribution in [3.8, 4) is 0 Å². The van der Waals surface area contributed by atoms with E-state index in [-0.39, 0.29) is 17.6 Å². The number of rotatable bonds is 4. The number of hydrogen-bond acceptors (Lipinski definition) is 4. The normalized spacial score (nSPS) is 14.2. The van der Waals surface area contributed by atoms with Crippen molar-refractivity contribution in [2.75, 3.05) is 5.32 Å². The molecule has 6 heteroatoms. The van der Waals surface area contributed by atoms with Gasteiger partial charge in [-0.05, 0) is 48.7 Å². The summed E-state index contributed by atoms with van der Waals surface area (Å²) < 4.78 is 5.94. The van der Waals surface area contributed by atoms with Crippen LogP contribution < -0.4 is 10.7 Å². The molecule has 1 aromatic heterocycles. The number of aryl methyl sites for hydroxylation is 1. The van der Waals surface area contributed by atoms with Crippen molar-refractivity contribution in [2.45, 2.75) is 26.2 Å². The summed E-state index contributed by atoms with van der Waals surface area (Å²) in [6, 6.07) is 22.6. The van der Waals surface area contributed by atoms with Crippen LogP contribution in [0.2, 0.25) is 0 Å². The van der Waals surface area contributed by atoms with Crippen LogP contribution in [0.4, 0.5) is 5.69 Å². The molecule has 4 aromatic rings. The summed E-state index contributed by atoms with van der Waals surface area (Å²) in [5.74, 6) is 0.441. The second-order valence-corrected chi connectivity index (χ2v) is 8.05. The van der Waals surface area contributed by atoms with Gasteiger partial charge in [0.15, 0.2) is 5.76 Å². The van der Waals surface area contributed by atoms with Gasteiger partial charge in [-0.25, -0.2) is 5.43 Å². The molecule has 0 fully saturated rings. The second kappa shape index (κ2) is 8.74. The summed E-state index contributed by atoms with van der Waals surface area (Å²) >= 11 is 0. The number of fused-ring (bicyclic) bond motifs is 2. The lowest BCUT2D eigenvalue weighted by Gasteiger charge is -2.13. The van der Waals surface area contributed by atoms with Crippen LogP contribution >= 0.6 is 0 Å². The highest BCUT2D eigenvalue weighted by molar-refractivity contribution is 6.11. The smallest absolute Gasteiger partial charge is 0.291 e. The van der Waals surface area contributed by atoms with Gasteiger partial charge in [-0.2, -0.15) is 5.10 Å². The minimum absolute atomic E-state index is 0.269. The van der Waals surface area contributed by atoms with Crippen LogP contribution in [0.25, 0.3) is 10.8 Å². The molecule has 0 unspecified atom stereocenters. The maximum absolute atomic E-state index is 12.9. The lowest BCUT2D eigenvalue weighted by molar-refractivity contribution is 0.0955. The molecule has 164 valence electrons. The number of para-hydroxylation sites is 1. The van der Waals surface area contributed by atoms with Crippen LogP contribution in [0.3, 0.4) is 0 Å². The van der Waals surface area contributed by atoms with Crippen LogP contribution in [-0.2, 0) is 6.42 Å². The van der Waals surface area contributed by atoms with Gasteiger partial charge in [0.25, 0.3) is 11.8 Å². The molecular formula is C27H23N3O3. The molecule has 1 aliphatic rings. The quantitative estimate of drug-likeness (QED) is 0.416. The monoisotopic (exact) mass is 437 g/mol. The van der Waals surface area contributed by atoms with Crippen molar-refractivity contribution in [1.29, 1.82) is 0 Å². The average molecular weight is 437 g/mol. The molecular weight excluding hydrogens is 414 g/mol. The number of benzene rings is 3. The Balaban J connectivity index is 1.41. The number of nitrogens with zero attached hydrogens (tertiary/aromatic N) is 1. The van der Waals surface area contributed by atoms with Gasteiger partial charge >= 0.3 is 0 Å². The van der Waals surface area contributed by atoms with Gasteiger partial charge in [-0.3, -0.25) is 9.59 Å². The first-order chi connectivity index (χ1) is 16.1. The zero-order valence-corrected chi connectivity index (χ0v) is 18.2. The fourth-order valence-electron chi connectivity index (χ4n) is 4.31. The minimum atomic E-state index is -0.299. The molecule has 0 atom stereocenters. The predicted molar refractivity (Wildman–Crippen MR) is 129 cm³/mol. The van der Waals surface area contributed by atoms with Crippen molar-refractivity contribution in [3.63, 3.8) is 0 Å². The summed E-state index contributed by atoms with van der Waals surface area (Å²) in [4.78, 5) is 25.7. The molecule has 33 heavy (non-hydrogen) atoms. The third kappa shape index (κ3) is 4.03. The van der Waals surface area contributed by atoms with Crippen LogP contribution in [0.15, 0.2) is 82.3 Å². The van der Waals surface area contributed by atoms with Gasteiger partial charge in [0, 0.05) is 28.8 Å². The highest BCUT2D eigenvalue weighted by Gasteiger charge is 2.28. The van der Waals surface area contributed by atoms with Crippen molar-refractivity contribution in [2.24, 2.45) is 5.10 Å².